The number of carbonyl (C=O) groups is 1. The van der Waals surface area contributed by atoms with Crippen LogP contribution < -0.4 is 5.32 Å². The molecule has 0 aliphatic carbocycles. The van der Waals surface area contributed by atoms with Crippen LogP contribution in [0.2, 0.25) is 0 Å². The summed E-state index contributed by atoms with van der Waals surface area (Å²) in [6.07, 6.45) is -0.0493. The Hall–Kier alpha value is -3.54. The van der Waals surface area contributed by atoms with Crippen LogP contribution in [-0.2, 0) is 16.3 Å². The number of carbonyl (C=O) groups excluding carboxylic acids is 1. The van der Waals surface area contributed by atoms with Gasteiger partial charge in [0.25, 0.3) is 5.91 Å². The Morgan fingerprint density at radius 3 is 2.52 bits per heavy atom. The summed E-state index contributed by atoms with van der Waals surface area (Å²) in [4.78, 5) is 21.8. The molecule has 0 aliphatic rings. The molecular formula is C15H12N4O7S. The van der Waals surface area contributed by atoms with E-state index >= 15 is 0 Å². The van der Waals surface area contributed by atoms with Gasteiger partial charge in [-0.15, -0.1) is 5.10 Å². The van der Waals surface area contributed by atoms with Gasteiger partial charge in [-0.05, 0) is 18.2 Å². The van der Waals surface area contributed by atoms with Crippen molar-refractivity contribution < 1.29 is 27.0 Å². The van der Waals surface area contributed by atoms with Crippen LogP contribution in [0.5, 0.6) is 0 Å². The third kappa shape index (κ3) is 4.36. The van der Waals surface area contributed by atoms with Gasteiger partial charge in [0.1, 0.15) is 4.92 Å². The van der Waals surface area contributed by atoms with E-state index in [2.05, 4.69) is 15.5 Å². The summed E-state index contributed by atoms with van der Waals surface area (Å²) in [7, 11) is -3.51. The largest absolute Gasteiger partial charge is 0.433 e. The molecular weight excluding hydrogens is 380 g/mol. The normalized spacial score (nSPS) is 11.3. The molecule has 140 valence electrons. The summed E-state index contributed by atoms with van der Waals surface area (Å²) in [5, 5.41) is 20.0. The number of hydrogen-bond acceptors (Lipinski definition) is 9. The highest BCUT2D eigenvalue weighted by Gasteiger charge is 2.20. The molecule has 11 nitrogen and oxygen atoms in total. The second kappa shape index (κ2) is 7.37. The average molecular weight is 392 g/mol. The molecule has 0 aliphatic heterocycles. The van der Waals surface area contributed by atoms with Gasteiger partial charge in [0.15, 0.2) is 15.6 Å². The number of amides is 1. The topological polar surface area (TPSA) is 158 Å². The summed E-state index contributed by atoms with van der Waals surface area (Å²) in [6, 6.07) is 9.78. The molecule has 2 aromatic heterocycles. The monoisotopic (exact) mass is 392 g/mol. The van der Waals surface area contributed by atoms with Crippen LogP contribution in [0.1, 0.15) is 16.4 Å². The van der Waals surface area contributed by atoms with Gasteiger partial charge in [0.05, 0.1) is 16.7 Å². The Kier molecular flexibility index (Phi) is 4.98. The number of nitrogens with one attached hydrogen (secondary N) is 1. The lowest BCUT2D eigenvalue weighted by molar-refractivity contribution is -0.402. The van der Waals surface area contributed by atoms with Crippen LogP contribution >= 0.6 is 0 Å². The molecule has 27 heavy (non-hydrogen) atoms. The molecule has 0 fully saturated rings. The molecule has 1 aromatic carbocycles. The highest BCUT2D eigenvalue weighted by molar-refractivity contribution is 7.91. The van der Waals surface area contributed by atoms with E-state index in [0.717, 1.165) is 12.1 Å². The number of nitro groups is 1. The summed E-state index contributed by atoms with van der Waals surface area (Å²) >= 11 is 0. The van der Waals surface area contributed by atoms with E-state index in [1.807, 2.05) is 0 Å². The molecule has 3 rings (SSSR count). The Morgan fingerprint density at radius 1 is 1.11 bits per heavy atom. The van der Waals surface area contributed by atoms with E-state index < -0.39 is 26.6 Å². The van der Waals surface area contributed by atoms with Crippen LogP contribution in [0.25, 0.3) is 0 Å². The maximum absolute atomic E-state index is 12.2. The van der Waals surface area contributed by atoms with Crippen molar-refractivity contribution in [3.05, 3.63) is 64.2 Å². The molecule has 0 saturated carbocycles. The standard InChI is InChI=1S/C15H12N4O7S/c20-14(11-6-7-13(25-11)19(21)22)16-15-18-17-12(26-15)8-9-27(23,24)10-4-2-1-3-5-10/h1-7H,8-9H2,(H,16,18,20). The summed E-state index contributed by atoms with van der Waals surface area (Å²) in [6.45, 7) is 0. The van der Waals surface area contributed by atoms with Crippen molar-refractivity contribution in [2.75, 3.05) is 11.1 Å². The number of nitrogens with zero attached hydrogens (tertiary/aromatic N) is 3. The van der Waals surface area contributed by atoms with Crippen molar-refractivity contribution in [3.8, 4) is 0 Å². The fourth-order valence-electron chi connectivity index (χ4n) is 2.08. The van der Waals surface area contributed by atoms with E-state index in [9.17, 15) is 23.3 Å². The van der Waals surface area contributed by atoms with Crippen LogP contribution in [0.15, 0.2) is 56.2 Å². The minimum absolute atomic E-state index is 0.00947. The van der Waals surface area contributed by atoms with E-state index in [1.54, 1.807) is 18.2 Å². The van der Waals surface area contributed by atoms with E-state index in [0.29, 0.717) is 0 Å². The van der Waals surface area contributed by atoms with Crippen molar-refractivity contribution in [1.29, 1.82) is 0 Å². The number of rotatable bonds is 7. The second-order valence-corrected chi connectivity index (χ2v) is 7.34. The maximum Gasteiger partial charge on any atom is 0.433 e. The lowest BCUT2D eigenvalue weighted by Crippen LogP contribution is -2.11. The lowest BCUT2D eigenvalue weighted by atomic mass is 10.4. The van der Waals surface area contributed by atoms with Gasteiger partial charge in [-0.25, -0.2) is 8.42 Å². The molecule has 1 N–H and O–H groups in total. The Morgan fingerprint density at radius 2 is 1.85 bits per heavy atom. The minimum Gasteiger partial charge on any atom is -0.408 e. The first-order valence-corrected chi connectivity index (χ1v) is 9.16. The van der Waals surface area contributed by atoms with Gasteiger partial charge in [-0.3, -0.25) is 20.2 Å². The molecule has 0 atom stereocenters. The third-order valence-electron chi connectivity index (χ3n) is 3.37. The molecule has 2 heterocycles. The molecule has 0 saturated heterocycles. The molecule has 0 bridgehead atoms. The fraction of sp³-hybridized carbons (Fsp3) is 0.133. The van der Waals surface area contributed by atoms with Crippen LogP contribution in [0.4, 0.5) is 11.9 Å². The van der Waals surface area contributed by atoms with Crippen molar-refractivity contribution in [1.82, 2.24) is 10.2 Å². The summed E-state index contributed by atoms with van der Waals surface area (Å²) < 4.78 is 34.3. The van der Waals surface area contributed by atoms with Crippen LogP contribution in [0.3, 0.4) is 0 Å². The highest BCUT2D eigenvalue weighted by atomic mass is 32.2. The Bertz CT molecular complexity index is 1070. The summed E-state index contributed by atoms with van der Waals surface area (Å²) in [5.41, 5.74) is 0. The first-order valence-electron chi connectivity index (χ1n) is 7.51. The first kappa shape index (κ1) is 18.3. The average Bonchev–Trinajstić information content (AvgIpc) is 3.30. The number of aromatic nitrogens is 2. The highest BCUT2D eigenvalue weighted by Crippen LogP contribution is 2.17. The number of benzene rings is 1. The zero-order valence-electron chi connectivity index (χ0n) is 13.6. The fourth-order valence-corrected chi connectivity index (χ4v) is 3.33. The molecule has 0 spiro atoms. The maximum atomic E-state index is 12.2. The van der Waals surface area contributed by atoms with E-state index in [4.69, 9.17) is 8.83 Å². The van der Waals surface area contributed by atoms with E-state index in [-0.39, 0.29) is 34.7 Å². The number of aryl methyl sites for hydroxylation is 1. The molecule has 0 radical (unpaired) electrons. The third-order valence-corrected chi connectivity index (χ3v) is 5.10. The molecule has 0 unspecified atom stereocenters. The van der Waals surface area contributed by atoms with Gasteiger partial charge in [0.2, 0.25) is 5.89 Å². The van der Waals surface area contributed by atoms with Crippen molar-refractivity contribution >= 4 is 27.6 Å². The SMILES string of the molecule is O=C(Nc1nnc(CCS(=O)(=O)c2ccccc2)o1)c1ccc([N+](=O)[O-])o1. The Labute approximate surface area is 152 Å². The zero-order chi connectivity index (χ0) is 19.4. The number of hydrogen-bond donors (Lipinski definition) is 1. The Balaban J connectivity index is 1.61. The molecule has 1 amide bonds. The smallest absolute Gasteiger partial charge is 0.408 e. The number of sulfone groups is 1. The predicted molar refractivity (Wildman–Crippen MR) is 89.8 cm³/mol. The van der Waals surface area contributed by atoms with Crippen molar-refractivity contribution in [2.45, 2.75) is 11.3 Å². The second-order valence-electron chi connectivity index (χ2n) is 5.23. The van der Waals surface area contributed by atoms with Gasteiger partial charge in [-0.2, -0.15) is 0 Å². The van der Waals surface area contributed by atoms with Gasteiger partial charge in [0, 0.05) is 6.42 Å². The predicted octanol–water partition coefficient (Wildman–Crippen LogP) is 1.84. The van der Waals surface area contributed by atoms with Gasteiger partial charge >= 0.3 is 11.9 Å². The van der Waals surface area contributed by atoms with Crippen molar-refractivity contribution in [3.63, 3.8) is 0 Å². The van der Waals surface area contributed by atoms with Gasteiger partial charge < -0.3 is 8.83 Å². The number of furan rings is 1. The summed E-state index contributed by atoms with van der Waals surface area (Å²) in [5.74, 6) is -1.97. The van der Waals surface area contributed by atoms with Crippen molar-refractivity contribution in [2.24, 2.45) is 0 Å². The lowest BCUT2D eigenvalue weighted by Gasteiger charge is -2.01. The zero-order valence-corrected chi connectivity index (χ0v) is 14.4. The van der Waals surface area contributed by atoms with Crippen LogP contribution in [-0.4, -0.2) is 35.2 Å². The minimum atomic E-state index is -3.51. The molecule has 3 aromatic rings. The number of anilines is 1. The first-order chi connectivity index (χ1) is 12.8. The van der Waals surface area contributed by atoms with E-state index in [1.165, 1.54) is 12.1 Å². The quantitative estimate of drug-likeness (QED) is 0.467. The van der Waals surface area contributed by atoms with Crippen LogP contribution in [0, 0.1) is 10.1 Å². The molecule has 12 heteroatoms. The van der Waals surface area contributed by atoms with Gasteiger partial charge in [-0.1, -0.05) is 23.3 Å².